The number of carbonyl (C=O) groups is 1. The molecule has 0 radical (unpaired) electrons. The molecule has 1 saturated heterocycles. The van der Waals surface area contributed by atoms with Crippen molar-refractivity contribution in [3.63, 3.8) is 0 Å². The summed E-state index contributed by atoms with van der Waals surface area (Å²) in [6, 6.07) is 8.02. The van der Waals surface area contributed by atoms with Gasteiger partial charge in [0.05, 0.1) is 6.61 Å². The zero-order valence-electron chi connectivity index (χ0n) is 13.0. The van der Waals surface area contributed by atoms with Gasteiger partial charge in [-0.05, 0) is 31.5 Å². The number of rotatable bonds is 8. The Bertz CT molecular complexity index is 429. The SMILES string of the molecule is CN1CCN(CCCOc2ccccc2CCC=O)CC1. The van der Waals surface area contributed by atoms with Crippen LogP contribution >= 0.6 is 0 Å². The van der Waals surface area contributed by atoms with Crippen LogP contribution < -0.4 is 4.74 Å². The van der Waals surface area contributed by atoms with E-state index in [1.54, 1.807) is 0 Å². The smallest absolute Gasteiger partial charge is 0.122 e. The number of likely N-dealkylation sites (N-methyl/N-ethyl adjacent to an activating group) is 1. The molecule has 0 aliphatic carbocycles. The first kappa shape index (κ1) is 16.0. The zero-order valence-corrected chi connectivity index (χ0v) is 13.0. The van der Waals surface area contributed by atoms with Gasteiger partial charge in [-0.15, -0.1) is 0 Å². The average Bonchev–Trinajstić information content (AvgIpc) is 2.52. The van der Waals surface area contributed by atoms with Gasteiger partial charge in [-0.1, -0.05) is 18.2 Å². The van der Waals surface area contributed by atoms with E-state index in [1.165, 1.54) is 0 Å². The molecule has 0 saturated carbocycles. The fourth-order valence-electron chi connectivity index (χ4n) is 2.61. The molecule has 0 aromatic heterocycles. The maximum absolute atomic E-state index is 10.5. The molecule has 1 aliphatic rings. The predicted molar refractivity (Wildman–Crippen MR) is 84.9 cm³/mol. The van der Waals surface area contributed by atoms with Crippen LogP contribution in [0.25, 0.3) is 0 Å². The monoisotopic (exact) mass is 290 g/mol. The van der Waals surface area contributed by atoms with E-state index in [2.05, 4.69) is 16.8 Å². The van der Waals surface area contributed by atoms with Gasteiger partial charge in [-0.3, -0.25) is 0 Å². The van der Waals surface area contributed by atoms with E-state index in [9.17, 15) is 4.79 Å². The van der Waals surface area contributed by atoms with E-state index in [-0.39, 0.29) is 0 Å². The first-order valence-electron chi connectivity index (χ1n) is 7.85. The zero-order chi connectivity index (χ0) is 14.9. The number of piperazine rings is 1. The van der Waals surface area contributed by atoms with Gasteiger partial charge >= 0.3 is 0 Å². The Hall–Kier alpha value is -1.39. The third-order valence-corrected chi connectivity index (χ3v) is 3.98. The summed E-state index contributed by atoms with van der Waals surface area (Å²) < 4.78 is 5.89. The highest BCUT2D eigenvalue weighted by molar-refractivity contribution is 5.50. The maximum Gasteiger partial charge on any atom is 0.122 e. The second-order valence-electron chi connectivity index (χ2n) is 5.66. The first-order valence-corrected chi connectivity index (χ1v) is 7.85. The topological polar surface area (TPSA) is 32.8 Å². The van der Waals surface area contributed by atoms with Crippen molar-refractivity contribution >= 4 is 6.29 Å². The van der Waals surface area contributed by atoms with Crippen molar-refractivity contribution in [1.29, 1.82) is 0 Å². The minimum Gasteiger partial charge on any atom is -0.493 e. The van der Waals surface area contributed by atoms with Gasteiger partial charge in [-0.2, -0.15) is 0 Å². The van der Waals surface area contributed by atoms with Crippen LogP contribution in [0.15, 0.2) is 24.3 Å². The van der Waals surface area contributed by atoms with Crippen molar-refractivity contribution in [1.82, 2.24) is 9.80 Å². The molecule has 1 aromatic carbocycles. The lowest BCUT2D eigenvalue weighted by atomic mass is 10.1. The van der Waals surface area contributed by atoms with Crippen LogP contribution in [0.2, 0.25) is 0 Å². The number of para-hydroxylation sites is 1. The predicted octanol–water partition coefficient (Wildman–Crippen LogP) is 1.83. The average molecular weight is 290 g/mol. The molecule has 1 fully saturated rings. The Morgan fingerprint density at radius 1 is 1.19 bits per heavy atom. The van der Waals surface area contributed by atoms with Crippen molar-refractivity contribution in [3.05, 3.63) is 29.8 Å². The van der Waals surface area contributed by atoms with Crippen LogP contribution in [0.3, 0.4) is 0 Å². The summed E-state index contributed by atoms with van der Waals surface area (Å²) in [7, 11) is 2.18. The van der Waals surface area contributed by atoms with Gasteiger partial charge in [-0.25, -0.2) is 0 Å². The summed E-state index contributed by atoms with van der Waals surface area (Å²) in [5.74, 6) is 0.928. The highest BCUT2D eigenvalue weighted by Gasteiger charge is 2.12. The largest absolute Gasteiger partial charge is 0.493 e. The molecule has 0 bridgehead atoms. The quantitative estimate of drug-likeness (QED) is 0.540. The van der Waals surface area contributed by atoms with Gasteiger partial charge in [0, 0.05) is 39.1 Å². The van der Waals surface area contributed by atoms with Crippen LogP contribution in [0, 0.1) is 0 Å². The standard InChI is InChI=1S/C17H26N2O2/c1-18-10-12-19(13-11-18)9-5-15-21-17-8-3-2-6-16(17)7-4-14-20/h2-3,6,8,14H,4-5,7,9-13,15H2,1H3. The van der Waals surface area contributed by atoms with Gasteiger partial charge in [0.15, 0.2) is 0 Å². The highest BCUT2D eigenvalue weighted by Crippen LogP contribution is 2.19. The Morgan fingerprint density at radius 3 is 2.71 bits per heavy atom. The molecule has 0 spiro atoms. The van der Waals surface area contributed by atoms with Gasteiger partial charge in [0.1, 0.15) is 12.0 Å². The van der Waals surface area contributed by atoms with E-state index in [0.717, 1.165) is 69.8 Å². The second-order valence-corrected chi connectivity index (χ2v) is 5.66. The normalized spacial score (nSPS) is 16.8. The summed E-state index contributed by atoms with van der Waals surface area (Å²) in [5, 5.41) is 0. The molecule has 116 valence electrons. The van der Waals surface area contributed by atoms with Crippen molar-refractivity contribution in [2.45, 2.75) is 19.3 Å². The number of carbonyl (C=O) groups excluding carboxylic acids is 1. The molecular formula is C17H26N2O2. The maximum atomic E-state index is 10.5. The number of ether oxygens (including phenoxy) is 1. The molecule has 4 nitrogen and oxygen atoms in total. The fraction of sp³-hybridized carbons (Fsp3) is 0.588. The van der Waals surface area contributed by atoms with Gasteiger partial charge < -0.3 is 19.3 Å². The van der Waals surface area contributed by atoms with E-state index < -0.39 is 0 Å². The lowest BCUT2D eigenvalue weighted by Crippen LogP contribution is -2.44. The molecule has 1 aliphatic heterocycles. The first-order chi connectivity index (χ1) is 10.3. The molecule has 1 aromatic rings. The number of aryl methyl sites for hydroxylation is 1. The van der Waals surface area contributed by atoms with E-state index in [1.807, 2.05) is 24.3 Å². The van der Waals surface area contributed by atoms with E-state index in [0.29, 0.717) is 6.42 Å². The Morgan fingerprint density at radius 2 is 1.95 bits per heavy atom. The summed E-state index contributed by atoms with van der Waals surface area (Å²) in [6.07, 6.45) is 3.33. The number of hydrogen-bond acceptors (Lipinski definition) is 4. The van der Waals surface area contributed by atoms with Crippen molar-refractivity contribution in [2.75, 3.05) is 46.4 Å². The summed E-state index contributed by atoms with van der Waals surface area (Å²) in [5.41, 5.74) is 1.13. The molecule has 0 N–H and O–H groups in total. The molecule has 1 heterocycles. The van der Waals surface area contributed by atoms with Crippen LogP contribution in [-0.2, 0) is 11.2 Å². The second kappa shape index (κ2) is 8.80. The van der Waals surface area contributed by atoms with Gasteiger partial charge in [0.2, 0.25) is 0 Å². The third-order valence-electron chi connectivity index (χ3n) is 3.98. The minimum atomic E-state index is 0.557. The Labute approximate surface area is 127 Å². The molecule has 4 heteroatoms. The lowest BCUT2D eigenvalue weighted by Gasteiger charge is -2.32. The van der Waals surface area contributed by atoms with Crippen LogP contribution in [0.5, 0.6) is 5.75 Å². The number of benzene rings is 1. The molecule has 21 heavy (non-hydrogen) atoms. The van der Waals surface area contributed by atoms with Crippen LogP contribution in [0.1, 0.15) is 18.4 Å². The Kier molecular flexibility index (Phi) is 6.70. The van der Waals surface area contributed by atoms with Crippen LogP contribution in [0.4, 0.5) is 0 Å². The number of hydrogen-bond donors (Lipinski definition) is 0. The number of aldehydes is 1. The van der Waals surface area contributed by atoms with Crippen molar-refractivity contribution < 1.29 is 9.53 Å². The molecule has 0 unspecified atom stereocenters. The van der Waals surface area contributed by atoms with Crippen molar-refractivity contribution in [3.8, 4) is 5.75 Å². The molecule has 0 amide bonds. The summed E-state index contributed by atoms with van der Waals surface area (Å²) in [6.45, 7) is 6.48. The minimum absolute atomic E-state index is 0.557. The lowest BCUT2D eigenvalue weighted by molar-refractivity contribution is -0.107. The van der Waals surface area contributed by atoms with Gasteiger partial charge in [0.25, 0.3) is 0 Å². The fourth-order valence-corrected chi connectivity index (χ4v) is 2.61. The highest BCUT2D eigenvalue weighted by atomic mass is 16.5. The van der Waals surface area contributed by atoms with E-state index >= 15 is 0 Å². The summed E-state index contributed by atoms with van der Waals surface area (Å²) >= 11 is 0. The third kappa shape index (κ3) is 5.48. The van der Waals surface area contributed by atoms with E-state index in [4.69, 9.17) is 4.74 Å². The summed E-state index contributed by atoms with van der Waals surface area (Å²) in [4.78, 5) is 15.4. The Balaban J connectivity index is 1.69. The van der Waals surface area contributed by atoms with Crippen molar-refractivity contribution in [2.24, 2.45) is 0 Å². The number of nitrogens with zero attached hydrogens (tertiary/aromatic N) is 2. The molecular weight excluding hydrogens is 264 g/mol. The van der Waals surface area contributed by atoms with Crippen LogP contribution in [-0.4, -0.2) is 62.5 Å². The molecule has 0 atom stereocenters. The molecule has 2 rings (SSSR count).